The molecule has 2 heterocycles. The normalized spacial score (nSPS) is 12.7. The summed E-state index contributed by atoms with van der Waals surface area (Å²) in [6.07, 6.45) is 2.63. The number of hydrogen-bond acceptors (Lipinski definition) is 6. The zero-order chi connectivity index (χ0) is 20.5. The third-order valence-corrected chi connectivity index (χ3v) is 5.89. The first-order chi connectivity index (χ1) is 14.7. The minimum atomic E-state index is -0.306. The maximum Gasteiger partial charge on any atom is 0.339 e. The lowest BCUT2D eigenvalue weighted by atomic mass is 10.1. The number of aryl methyl sites for hydroxylation is 1. The summed E-state index contributed by atoms with van der Waals surface area (Å²) in [4.78, 5) is 28.8. The van der Waals surface area contributed by atoms with Crippen molar-refractivity contribution in [2.75, 3.05) is 11.9 Å². The number of thiazole rings is 1. The Balaban J connectivity index is 1.26. The average Bonchev–Trinajstić information content (AvgIpc) is 3.43. The number of fused-ring (bicyclic) bond motifs is 3. The number of hydrogen-bond donors (Lipinski definition) is 1. The molecule has 7 heteroatoms. The van der Waals surface area contributed by atoms with Gasteiger partial charge in [0.2, 0.25) is 0 Å². The van der Waals surface area contributed by atoms with Crippen molar-refractivity contribution in [2.45, 2.75) is 19.3 Å². The fraction of sp³-hybridized carbons (Fsp3) is 0.174. The summed E-state index contributed by atoms with van der Waals surface area (Å²) < 4.78 is 11.0. The maximum atomic E-state index is 12.3. The minimum Gasteiger partial charge on any atom is -0.484 e. The summed E-state index contributed by atoms with van der Waals surface area (Å²) in [6.45, 7) is -0.166. The van der Waals surface area contributed by atoms with Gasteiger partial charge in [-0.25, -0.2) is 9.78 Å². The highest BCUT2D eigenvalue weighted by Crippen LogP contribution is 2.29. The van der Waals surface area contributed by atoms with Gasteiger partial charge >= 0.3 is 5.63 Å². The number of carbonyl (C=O) groups is 1. The standard InChI is InChI=1S/C23H18N2O4S/c26-21(25-23-24-19(13-30-23)14-5-2-1-3-6-14)12-28-15-9-10-17-16-7-4-8-18(16)22(27)29-20(17)11-15/h1-3,5-6,9-11,13H,4,7-8,12H2,(H,24,25,26). The zero-order valence-corrected chi connectivity index (χ0v) is 16.8. The molecule has 4 aromatic rings. The molecule has 2 aromatic carbocycles. The van der Waals surface area contributed by atoms with Gasteiger partial charge in [-0.3, -0.25) is 10.1 Å². The van der Waals surface area contributed by atoms with E-state index in [1.807, 2.05) is 41.8 Å². The Bertz CT molecular complexity index is 1290. The lowest BCUT2D eigenvalue weighted by Gasteiger charge is -2.08. The molecule has 1 N–H and O–H groups in total. The fourth-order valence-electron chi connectivity index (χ4n) is 3.73. The van der Waals surface area contributed by atoms with Crippen LogP contribution in [0.1, 0.15) is 17.5 Å². The zero-order valence-electron chi connectivity index (χ0n) is 16.0. The fourth-order valence-corrected chi connectivity index (χ4v) is 4.47. The summed E-state index contributed by atoms with van der Waals surface area (Å²) >= 11 is 1.36. The Morgan fingerprint density at radius 1 is 1.13 bits per heavy atom. The number of nitrogens with one attached hydrogen (secondary N) is 1. The van der Waals surface area contributed by atoms with Crippen LogP contribution in [0.2, 0.25) is 0 Å². The highest BCUT2D eigenvalue weighted by Gasteiger charge is 2.19. The number of benzene rings is 2. The van der Waals surface area contributed by atoms with E-state index < -0.39 is 0 Å². The second kappa shape index (κ2) is 7.76. The number of anilines is 1. The molecule has 0 unspecified atom stereocenters. The predicted molar refractivity (Wildman–Crippen MR) is 116 cm³/mol. The number of rotatable bonds is 5. The Kier molecular flexibility index (Phi) is 4.80. The first-order valence-electron chi connectivity index (χ1n) is 9.69. The molecule has 6 nitrogen and oxygen atoms in total. The van der Waals surface area contributed by atoms with Crippen LogP contribution >= 0.6 is 11.3 Å². The monoisotopic (exact) mass is 418 g/mol. The molecule has 0 saturated heterocycles. The van der Waals surface area contributed by atoms with Crippen LogP contribution in [0.15, 0.2) is 63.1 Å². The summed E-state index contributed by atoms with van der Waals surface area (Å²) in [5.74, 6) is 0.169. The largest absolute Gasteiger partial charge is 0.484 e. The van der Waals surface area contributed by atoms with Crippen molar-refractivity contribution in [3.8, 4) is 17.0 Å². The van der Waals surface area contributed by atoms with Crippen molar-refractivity contribution in [1.29, 1.82) is 0 Å². The highest BCUT2D eigenvalue weighted by atomic mass is 32.1. The smallest absolute Gasteiger partial charge is 0.339 e. The molecule has 0 fully saturated rings. The molecular weight excluding hydrogens is 400 g/mol. The summed E-state index contributed by atoms with van der Waals surface area (Å²) in [5.41, 5.74) is 3.88. The molecule has 1 aliphatic carbocycles. The third-order valence-electron chi connectivity index (χ3n) is 5.14. The maximum absolute atomic E-state index is 12.3. The van der Waals surface area contributed by atoms with Gasteiger partial charge in [-0.1, -0.05) is 30.3 Å². The van der Waals surface area contributed by atoms with Gasteiger partial charge in [-0.05, 0) is 37.0 Å². The molecule has 0 aliphatic heterocycles. The SMILES string of the molecule is O=C(COc1ccc2c3c(c(=O)oc2c1)CCC3)Nc1nc(-c2ccccc2)cs1. The quantitative estimate of drug-likeness (QED) is 0.485. The molecule has 0 radical (unpaired) electrons. The first-order valence-corrected chi connectivity index (χ1v) is 10.6. The number of aromatic nitrogens is 1. The predicted octanol–water partition coefficient (Wildman–Crippen LogP) is 4.42. The Labute approximate surface area is 176 Å². The van der Waals surface area contributed by atoms with Crippen molar-refractivity contribution in [3.63, 3.8) is 0 Å². The van der Waals surface area contributed by atoms with E-state index in [1.165, 1.54) is 11.3 Å². The van der Waals surface area contributed by atoms with Crippen molar-refractivity contribution < 1.29 is 13.9 Å². The van der Waals surface area contributed by atoms with E-state index in [9.17, 15) is 9.59 Å². The van der Waals surface area contributed by atoms with Crippen LogP contribution in [0, 0.1) is 0 Å². The molecule has 0 bridgehead atoms. The van der Waals surface area contributed by atoms with Crippen molar-refractivity contribution in [1.82, 2.24) is 4.98 Å². The Morgan fingerprint density at radius 3 is 2.83 bits per heavy atom. The Hall–Kier alpha value is -3.45. The second-order valence-electron chi connectivity index (χ2n) is 7.10. The average molecular weight is 418 g/mol. The van der Waals surface area contributed by atoms with Crippen molar-refractivity contribution >= 4 is 33.3 Å². The van der Waals surface area contributed by atoms with E-state index in [4.69, 9.17) is 9.15 Å². The van der Waals surface area contributed by atoms with Gasteiger partial charge in [0.25, 0.3) is 5.91 Å². The van der Waals surface area contributed by atoms with Crippen molar-refractivity contribution in [2.24, 2.45) is 0 Å². The summed E-state index contributed by atoms with van der Waals surface area (Å²) in [7, 11) is 0. The third kappa shape index (κ3) is 3.59. The van der Waals surface area contributed by atoms with Gasteiger partial charge in [0.1, 0.15) is 11.3 Å². The molecule has 1 aliphatic rings. The van der Waals surface area contributed by atoms with Gasteiger partial charge in [0.05, 0.1) is 5.69 Å². The molecule has 0 spiro atoms. The minimum absolute atomic E-state index is 0.166. The van der Waals surface area contributed by atoms with E-state index in [2.05, 4.69) is 10.3 Å². The summed E-state index contributed by atoms with van der Waals surface area (Å²) in [6, 6.07) is 15.1. The van der Waals surface area contributed by atoms with Crippen LogP contribution in [-0.2, 0) is 17.6 Å². The summed E-state index contributed by atoms with van der Waals surface area (Å²) in [5, 5.41) is 6.11. The lowest BCUT2D eigenvalue weighted by Crippen LogP contribution is -2.20. The number of amides is 1. The first kappa shape index (κ1) is 18.6. The van der Waals surface area contributed by atoms with Crippen LogP contribution in [0.5, 0.6) is 5.75 Å². The van der Waals surface area contributed by atoms with E-state index in [0.29, 0.717) is 16.5 Å². The highest BCUT2D eigenvalue weighted by molar-refractivity contribution is 7.14. The van der Waals surface area contributed by atoms with Gasteiger partial charge < -0.3 is 9.15 Å². The van der Waals surface area contributed by atoms with Gasteiger partial charge in [0.15, 0.2) is 11.7 Å². The number of carbonyl (C=O) groups excluding carboxylic acids is 1. The molecule has 30 heavy (non-hydrogen) atoms. The van der Waals surface area contributed by atoms with Crippen molar-refractivity contribution in [3.05, 3.63) is 75.5 Å². The molecule has 150 valence electrons. The molecule has 0 atom stereocenters. The van der Waals surface area contributed by atoms with Crippen LogP contribution < -0.4 is 15.7 Å². The molecule has 2 aromatic heterocycles. The van der Waals surface area contributed by atoms with Gasteiger partial charge in [-0.15, -0.1) is 11.3 Å². The van der Waals surface area contributed by atoms with Gasteiger partial charge in [0, 0.05) is 28.0 Å². The lowest BCUT2D eigenvalue weighted by molar-refractivity contribution is -0.118. The second-order valence-corrected chi connectivity index (χ2v) is 7.96. The van der Waals surface area contributed by atoms with Gasteiger partial charge in [-0.2, -0.15) is 0 Å². The molecule has 1 amide bonds. The van der Waals surface area contributed by atoms with Crippen LogP contribution in [0.3, 0.4) is 0 Å². The topological polar surface area (TPSA) is 81.4 Å². The van der Waals surface area contributed by atoms with E-state index >= 15 is 0 Å². The van der Waals surface area contributed by atoms with Crippen LogP contribution in [0.4, 0.5) is 5.13 Å². The van der Waals surface area contributed by atoms with E-state index in [1.54, 1.807) is 12.1 Å². The van der Waals surface area contributed by atoms with E-state index in [-0.39, 0.29) is 18.1 Å². The molecule has 0 saturated carbocycles. The van der Waals surface area contributed by atoms with E-state index in [0.717, 1.165) is 47.0 Å². The molecular formula is C23H18N2O4S. The molecule has 5 rings (SSSR count). The Morgan fingerprint density at radius 2 is 1.97 bits per heavy atom. The van der Waals surface area contributed by atoms with Crippen LogP contribution in [0.25, 0.3) is 22.2 Å². The van der Waals surface area contributed by atoms with Crippen LogP contribution in [-0.4, -0.2) is 17.5 Å². The number of nitrogens with zero attached hydrogens (tertiary/aromatic N) is 1. The number of ether oxygens (including phenoxy) is 1.